The lowest BCUT2D eigenvalue weighted by atomic mass is 10.1. The Morgan fingerprint density at radius 3 is 2.79 bits per heavy atom. The summed E-state index contributed by atoms with van der Waals surface area (Å²) in [6, 6.07) is 0.316. The highest BCUT2D eigenvalue weighted by Crippen LogP contribution is 2.30. The van der Waals surface area contributed by atoms with Gasteiger partial charge in [0.1, 0.15) is 0 Å². The minimum atomic E-state index is 0.0386. The Morgan fingerprint density at radius 1 is 1.47 bits per heavy atom. The Balaban J connectivity index is 2.08. The third-order valence-electron chi connectivity index (χ3n) is 3.89. The highest BCUT2D eigenvalue weighted by atomic mass is 32.2. The number of carbonyl (C=O) groups excluding carboxylic acids is 1. The first kappa shape index (κ1) is 14.4. The van der Waals surface area contributed by atoms with Gasteiger partial charge >= 0.3 is 0 Å². The molecule has 19 heavy (non-hydrogen) atoms. The van der Waals surface area contributed by atoms with E-state index in [0.29, 0.717) is 11.3 Å². The van der Waals surface area contributed by atoms with Gasteiger partial charge in [-0.2, -0.15) is 16.9 Å². The maximum Gasteiger partial charge on any atom is 0.255 e. The summed E-state index contributed by atoms with van der Waals surface area (Å²) in [5, 5.41) is 8.10. The number of hydrogen-bond donors (Lipinski definition) is 1. The van der Waals surface area contributed by atoms with E-state index in [1.165, 1.54) is 12.8 Å². The van der Waals surface area contributed by atoms with Crippen molar-refractivity contribution in [2.24, 2.45) is 7.05 Å². The van der Waals surface area contributed by atoms with E-state index in [1.54, 1.807) is 4.68 Å². The van der Waals surface area contributed by atoms with Gasteiger partial charge in [-0.05, 0) is 32.4 Å². The number of thioether (sulfide) groups is 1. The molecule has 5 heteroatoms. The quantitative estimate of drug-likeness (QED) is 0.922. The number of aryl methyl sites for hydroxylation is 2. The van der Waals surface area contributed by atoms with E-state index < -0.39 is 0 Å². The summed E-state index contributed by atoms with van der Waals surface area (Å²) in [6.45, 7) is 6.02. The Kier molecular flexibility index (Phi) is 4.55. The highest BCUT2D eigenvalue weighted by Gasteiger charge is 2.30. The van der Waals surface area contributed by atoms with Crippen LogP contribution in [0.25, 0.3) is 0 Å². The summed E-state index contributed by atoms with van der Waals surface area (Å²) in [6.07, 6.45) is 3.53. The maximum atomic E-state index is 12.4. The number of hydrogen-bond acceptors (Lipinski definition) is 3. The van der Waals surface area contributed by atoms with Crippen LogP contribution >= 0.6 is 11.8 Å². The monoisotopic (exact) mass is 281 g/mol. The van der Waals surface area contributed by atoms with Crippen molar-refractivity contribution in [3.8, 4) is 0 Å². The number of nitrogens with zero attached hydrogens (tertiary/aromatic N) is 2. The van der Waals surface area contributed by atoms with E-state index in [1.807, 2.05) is 32.7 Å². The summed E-state index contributed by atoms with van der Waals surface area (Å²) in [4.78, 5) is 12.4. The fraction of sp³-hybridized carbons (Fsp3) is 0.714. The van der Waals surface area contributed by atoms with Crippen LogP contribution in [-0.2, 0) is 7.05 Å². The predicted octanol–water partition coefficient (Wildman–Crippen LogP) is 2.44. The molecular formula is C14H23N3OS. The predicted molar refractivity (Wildman–Crippen MR) is 79.7 cm³/mol. The number of nitrogens with one attached hydrogen (secondary N) is 1. The van der Waals surface area contributed by atoms with E-state index in [9.17, 15) is 4.79 Å². The van der Waals surface area contributed by atoms with Crippen LogP contribution < -0.4 is 5.32 Å². The molecule has 1 amide bonds. The molecule has 0 aromatic carbocycles. The van der Waals surface area contributed by atoms with E-state index in [0.717, 1.165) is 29.1 Å². The summed E-state index contributed by atoms with van der Waals surface area (Å²) in [7, 11) is 1.88. The molecule has 1 heterocycles. The zero-order chi connectivity index (χ0) is 14.0. The van der Waals surface area contributed by atoms with Crippen LogP contribution in [0.5, 0.6) is 0 Å². The molecule has 4 nitrogen and oxygen atoms in total. The Labute approximate surface area is 119 Å². The van der Waals surface area contributed by atoms with Gasteiger partial charge in [0.25, 0.3) is 5.91 Å². The smallest absolute Gasteiger partial charge is 0.255 e. The Bertz CT molecular complexity index is 470. The normalized spacial score (nSPS) is 22.7. The van der Waals surface area contributed by atoms with Gasteiger partial charge in [0.2, 0.25) is 0 Å². The Hall–Kier alpha value is -0.970. The summed E-state index contributed by atoms with van der Waals surface area (Å²) in [5.41, 5.74) is 2.50. The lowest BCUT2D eigenvalue weighted by Crippen LogP contribution is -2.39. The van der Waals surface area contributed by atoms with Gasteiger partial charge in [-0.25, -0.2) is 0 Å². The molecule has 1 aliphatic carbocycles. The van der Waals surface area contributed by atoms with Gasteiger partial charge in [0, 0.05) is 24.0 Å². The van der Waals surface area contributed by atoms with Crippen LogP contribution in [0.15, 0.2) is 0 Å². The number of amides is 1. The zero-order valence-electron chi connectivity index (χ0n) is 12.2. The standard InChI is InChI=1S/C14H23N3OS/c1-5-19-12-8-6-7-11(12)15-14(18)13-9(2)16-17(4)10(13)3/h11-12H,5-8H2,1-4H3,(H,15,18)/t11-,12+/m1/s1. The van der Waals surface area contributed by atoms with Gasteiger partial charge in [-0.1, -0.05) is 13.3 Å². The molecule has 0 saturated heterocycles. The molecule has 1 N–H and O–H groups in total. The number of aromatic nitrogens is 2. The third kappa shape index (κ3) is 2.96. The molecule has 1 aliphatic rings. The molecule has 2 atom stereocenters. The van der Waals surface area contributed by atoms with E-state index in [2.05, 4.69) is 17.3 Å². The second-order valence-corrected chi connectivity index (χ2v) is 6.69. The summed E-state index contributed by atoms with van der Waals surface area (Å²) >= 11 is 1.96. The maximum absolute atomic E-state index is 12.4. The zero-order valence-corrected chi connectivity index (χ0v) is 13.0. The third-order valence-corrected chi connectivity index (χ3v) is 5.21. The molecule has 0 unspecified atom stereocenters. The van der Waals surface area contributed by atoms with Crippen molar-refractivity contribution >= 4 is 17.7 Å². The molecule has 2 rings (SSSR count). The molecule has 1 aromatic heterocycles. The second kappa shape index (κ2) is 5.99. The molecule has 0 aliphatic heterocycles. The SMILES string of the molecule is CCS[C@H]1CCC[C@H]1NC(=O)c1c(C)nn(C)c1C. The topological polar surface area (TPSA) is 46.9 Å². The lowest BCUT2D eigenvalue weighted by molar-refractivity contribution is 0.0937. The largest absolute Gasteiger partial charge is 0.348 e. The van der Waals surface area contributed by atoms with E-state index in [-0.39, 0.29) is 5.91 Å². The molecule has 1 saturated carbocycles. The van der Waals surface area contributed by atoms with Crippen molar-refractivity contribution in [2.45, 2.75) is 51.3 Å². The minimum absolute atomic E-state index is 0.0386. The van der Waals surface area contributed by atoms with Crippen molar-refractivity contribution in [3.05, 3.63) is 17.0 Å². The van der Waals surface area contributed by atoms with Crippen molar-refractivity contribution < 1.29 is 4.79 Å². The number of carbonyl (C=O) groups is 1. The molecular weight excluding hydrogens is 258 g/mol. The molecule has 0 spiro atoms. The number of rotatable bonds is 4. The molecule has 106 valence electrons. The Morgan fingerprint density at radius 2 is 2.21 bits per heavy atom. The van der Waals surface area contributed by atoms with Crippen molar-refractivity contribution in [1.82, 2.24) is 15.1 Å². The highest BCUT2D eigenvalue weighted by molar-refractivity contribution is 7.99. The van der Waals surface area contributed by atoms with E-state index >= 15 is 0 Å². The summed E-state index contributed by atoms with van der Waals surface area (Å²) in [5.74, 6) is 1.15. The van der Waals surface area contributed by atoms with Crippen molar-refractivity contribution in [3.63, 3.8) is 0 Å². The van der Waals surface area contributed by atoms with Crippen LogP contribution in [0.1, 0.15) is 47.9 Å². The molecule has 0 radical (unpaired) electrons. The van der Waals surface area contributed by atoms with Crippen LogP contribution in [0.4, 0.5) is 0 Å². The van der Waals surface area contributed by atoms with Gasteiger partial charge in [-0.15, -0.1) is 0 Å². The molecule has 1 fully saturated rings. The average molecular weight is 281 g/mol. The van der Waals surface area contributed by atoms with Gasteiger partial charge in [0.05, 0.1) is 11.3 Å². The van der Waals surface area contributed by atoms with E-state index in [4.69, 9.17) is 0 Å². The van der Waals surface area contributed by atoms with Crippen LogP contribution in [0, 0.1) is 13.8 Å². The fourth-order valence-corrected chi connectivity index (χ4v) is 4.05. The first-order valence-electron chi connectivity index (χ1n) is 6.97. The minimum Gasteiger partial charge on any atom is -0.348 e. The second-order valence-electron chi connectivity index (χ2n) is 5.17. The fourth-order valence-electron chi connectivity index (χ4n) is 2.85. The van der Waals surface area contributed by atoms with Crippen LogP contribution in [0.3, 0.4) is 0 Å². The lowest BCUT2D eigenvalue weighted by Gasteiger charge is -2.20. The van der Waals surface area contributed by atoms with Crippen LogP contribution in [-0.4, -0.2) is 32.7 Å². The van der Waals surface area contributed by atoms with Gasteiger partial charge < -0.3 is 5.32 Å². The van der Waals surface area contributed by atoms with Gasteiger partial charge in [0.15, 0.2) is 0 Å². The molecule has 0 bridgehead atoms. The van der Waals surface area contributed by atoms with Crippen molar-refractivity contribution in [2.75, 3.05) is 5.75 Å². The summed E-state index contributed by atoms with van der Waals surface area (Å²) < 4.78 is 1.77. The van der Waals surface area contributed by atoms with Crippen molar-refractivity contribution in [1.29, 1.82) is 0 Å². The first-order chi connectivity index (χ1) is 9.04. The average Bonchev–Trinajstić information content (AvgIpc) is 2.86. The first-order valence-corrected chi connectivity index (χ1v) is 8.02. The van der Waals surface area contributed by atoms with Crippen LogP contribution in [0.2, 0.25) is 0 Å². The molecule has 1 aromatic rings. The van der Waals surface area contributed by atoms with Gasteiger partial charge in [-0.3, -0.25) is 9.48 Å².